The number of Topliss-reactive ketones (excluding diaryl/α,β-unsaturated/α-hetero) is 4. The lowest BCUT2D eigenvalue weighted by Crippen LogP contribution is -2.18. The molecule has 2 N–H and O–H groups in total. The molecule has 4 aromatic heterocycles. The van der Waals surface area contributed by atoms with Gasteiger partial charge in [0, 0.05) is 48.4 Å². The monoisotopic (exact) mass is 562 g/mol. The molecule has 0 fully saturated rings. The number of hydrogen-bond donors (Lipinski definition) is 2. The molecular formula is C32H30N6O4. The number of carbonyl (C=O) groups excluding carboxylic acids is 4. The maximum Gasteiger partial charge on any atom is 0.159 e. The Bertz CT molecular complexity index is 1510. The van der Waals surface area contributed by atoms with E-state index in [1.807, 2.05) is 0 Å². The molecule has 0 saturated heterocycles. The van der Waals surface area contributed by atoms with Crippen LogP contribution in [0.2, 0.25) is 0 Å². The zero-order valence-electron chi connectivity index (χ0n) is 23.9. The third-order valence-corrected chi connectivity index (χ3v) is 6.89. The molecule has 1 aliphatic heterocycles. The van der Waals surface area contributed by atoms with Crippen LogP contribution >= 0.6 is 0 Å². The van der Waals surface area contributed by atoms with Crippen LogP contribution in [-0.4, -0.2) is 43.1 Å². The Morgan fingerprint density at radius 3 is 0.833 bits per heavy atom. The molecule has 0 saturated carbocycles. The second-order valence-electron chi connectivity index (χ2n) is 10.4. The largest absolute Gasteiger partial charge is 0.306 e. The number of carbonyl (C=O) groups is 4. The number of pyridine rings is 4. The van der Waals surface area contributed by atoms with Gasteiger partial charge in [-0.15, -0.1) is 0 Å². The zero-order valence-corrected chi connectivity index (χ0v) is 23.9. The van der Waals surface area contributed by atoms with E-state index >= 15 is 0 Å². The average Bonchev–Trinajstić information content (AvgIpc) is 2.96. The first kappa shape index (κ1) is 28.7. The van der Waals surface area contributed by atoms with E-state index < -0.39 is 0 Å². The highest BCUT2D eigenvalue weighted by Crippen LogP contribution is 2.23. The molecule has 0 spiro atoms. The van der Waals surface area contributed by atoms with Gasteiger partial charge in [0.05, 0.1) is 45.6 Å². The van der Waals surface area contributed by atoms with Gasteiger partial charge in [-0.25, -0.2) is 19.9 Å². The molecule has 5 rings (SSSR count). The molecule has 42 heavy (non-hydrogen) atoms. The maximum absolute atomic E-state index is 12.4. The van der Waals surface area contributed by atoms with E-state index in [2.05, 4.69) is 10.6 Å². The second-order valence-corrected chi connectivity index (χ2v) is 10.4. The van der Waals surface area contributed by atoms with Crippen molar-refractivity contribution in [2.75, 3.05) is 0 Å². The minimum absolute atomic E-state index is 0.120. The van der Waals surface area contributed by atoms with Crippen LogP contribution in [0.4, 0.5) is 0 Å². The molecule has 1 aliphatic rings. The highest BCUT2D eigenvalue weighted by molar-refractivity contribution is 5.97. The van der Waals surface area contributed by atoms with Gasteiger partial charge < -0.3 is 10.6 Å². The highest BCUT2D eigenvalue weighted by atomic mass is 16.1. The summed E-state index contributed by atoms with van der Waals surface area (Å²) in [5.41, 5.74) is 6.25. The van der Waals surface area contributed by atoms with Gasteiger partial charge in [0.1, 0.15) is 0 Å². The molecule has 212 valence electrons. The summed E-state index contributed by atoms with van der Waals surface area (Å²) in [5.74, 6) is -0.479. The second kappa shape index (κ2) is 12.0. The van der Waals surface area contributed by atoms with Crippen LogP contribution in [0.5, 0.6) is 0 Å². The zero-order chi connectivity index (χ0) is 30.0. The molecular weight excluding hydrogens is 532 g/mol. The molecule has 10 nitrogen and oxygen atoms in total. The van der Waals surface area contributed by atoms with E-state index in [1.165, 1.54) is 27.7 Å². The van der Waals surface area contributed by atoms with Gasteiger partial charge in [0.15, 0.2) is 23.1 Å². The topological polar surface area (TPSA) is 144 Å². The number of ketones is 4. The summed E-state index contributed by atoms with van der Waals surface area (Å²) in [7, 11) is 0. The Hall–Kier alpha value is -4.80. The Labute approximate surface area is 243 Å². The molecule has 5 heterocycles. The molecule has 0 atom stereocenters. The Kier molecular flexibility index (Phi) is 8.19. The van der Waals surface area contributed by atoms with Crippen LogP contribution in [0, 0.1) is 0 Å². The number of rotatable bonds is 4. The Morgan fingerprint density at radius 2 is 0.643 bits per heavy atom. The third kappa shape index (κ3) is 6.56. The quantitative estimate of drug-likeness (QED) is 0.345. The van der Waals surface area contributed by atoms with E-state index in [9.17, 15) is 19.2 Å². The highest BCUT2D eigenvalue weighted by Gasteiger charge is 2.16. The predicted molar refractivity (Wildman–Crippen MR) is 156 cm³/mol. The van der Waals surface area contributed by atoms with Crippen molar-refractivity contribution in [2.24, 2.45) is 0 Å². The lowest BCUT2D eigenvalue weighted by atomic mass is 10.0. The van der Waals surface area contributed by atoms with Crippen LogP contribution in [-0.2, 0) is 26.2 Å². The van der Waals surface area contributed by atoms with Crippen molar-refractivity contribution in [3.63, 3.8) is 0 Å². The molecule has 10 heteroatoms. The van der Waals surface area contributed by atoms with Gasteiger partial charge in [-0.1, -0.05) is 0 Å². The molecule has 0 aromatic carbocycles. The van der Waals surface area contributed by atoms with Gasteiger partial charge in [-0.2, -0.15) is 0 Å². The molecule has 0 radical (unpaired) electrons. The average molecular weight is 563 g/mol. The minimum Gasteiger partial charge on any atom is -0.306 e. The first-order chi connectivity index (χ1) is 20.0. The van der Waals surface area contributed by atoms with E-state index in [0.29, 0.717) is 94.0 Å². The van der Waals surface area contributed by atoms with Crippen molar-refractivity contribution in [3.8, 4) is 22.8 Å². The van der Waals surface area contributed by atoms with Gasteiger partial charge >= 0.3 is 0 Å². The molecule has 4 aromatic rings. The van der Waals surface area contributed by atoms with Crippen molar-refractivity contribution < 1.29 is 19.2 Å². The predicted octanol–water partition coefficient (Wildman–Crippen LogP) is 4.30. The van der Waals surface area contributed by atoms with Crippen molar-refractivity contribution in [2.45, 2.75) is 53.9 Å². The van der Waals surface area contributed by atoms with E-state index in [4.69, 9.17) is 19.9 Å². The fourth-order valence-corrected chi connectivity index (χ4v) is 4.69. The Balaban J connectivity index is 1.65. The van der Waals surface area contributed by atoms with Crippen LogP contribution in [0.1, 0.15) is 91.9 Å². The Morgan fingerprint density at radius 1 is 0.429 bits per heavy atom. The third-order valence-electron chi connectivity index (χ3n) is 6.89. The summed E-state index contributed by atoms with van der Waals surface area (Å²) in [4.78, 5) is 68.5. The summed E-state index contributed by atoms with van der Waals surface area (Å²) in [6.45, 7) is 7.17. The fraction of sp³-hybridized carbons (Fsp3) is 0.250. The lowest BCUT2D eigenvalue weighted by molar-refractivity contribution is 0.100. The normalized spacial score (nSPS) is 13.0. The van der Waals surface area contributed by atoms with Crippen LogP contribution in [0.25, 0.3) is 22.8 Å². The summed E-state index contributed by atoms with van der Waals surface area (Å²) >= 11 is 0. The molecule has 0 aliphatic carbocycles. The maximum atomic E-state index is 12.4. The molecule has 0 amide bonds. The van der Waals surface area contributed by atoms with Gasteiger partial charge in [-0.3, -0.25) is 19.2 Å². The number of fused-ring (bicyclic) bond motifs is 10. The molecule has 0 unspecified atom stereocenters. The van der Waals surface area contributed by atoms with Crippen molar-refractivity contribution in [1.82, 2.24) is 30.6 Å². The van der Waals surface area contributed by atoms with Gasteiger partial charge in [0.25, 0.3) is 0 Å². The van der Waals surface area contributed by atoms with Crippen LogP contribution < -0.4 is 10.6 Å². The summed E-state index contributed by atoms with van der Waals surface area (Å²) in [6.07, 6.45) is 0. The van der Waals surface area contributed by atoms with E-state index in [0.717, 1.165) is 0 Å². The SMILES string of the molecule is CC(=O)c1cc2nc(c1)-c1cc(C(C)=O)cc(n1)CNCc1cc(C(C)=O)cc(n1)-c1cc(C(C)=O)cc(n1)CNC2. The van der Waals surface area contributed by atoms with Crippen LogP contribution in [0.15, 0.2) is 48.5 Å². The van der Waals surface area contributed by atoms with Gasteiger partial charge in [0.2, 0.25) is 0 Å². The standard InChI is InChI=1S/C32H30N6O4/c1-17(39)21-5-25-13-33-14-27-7-23(19(3)41)11-31(37-27)32-12-24(20(4)42)8-28(38-32)16-34-15-26-6-22(18(2)40)10-30(36-26)29(9-21)35-25/h5-12,33-34H,13-16H2,1-4H3. The first-order valence-electron chi connectivity index (χ1n) is 13.6. The smallest absolute Gasteiger partial charge is 0.159 e. The number of nitrogens with one attached hydrogen (secondary N) is 2. The minimum atomic E-state index is -0.120. The van der Waals surface area contributed by atoms with Gasteiger partial charge in [-0.05, 0) is 76.2 Å². The first-order valence-corrected chi connectivity index (χ1v) is 13.6. The van der Waals surface area contributed by atoms with Crippen molar-refractivity contribution >= 4 is 23.1 Å². The van der Waals surface area contributed by atoms with E-state index in [1.54, 1.807) is 48.5 Å². The van der Waals surface area contributed by atoms with Crippen molar-refractivity contribution in [3.05, 3.63) is 93.6 Å². The van der Waals surface area contributed by atoms with Crippen molar-refractivity contribution in [1.29, 1.82) is 0 Å². The lowest BCUT2D eigenvalue weighted by Gasteiger charge is -2.14. The number of aromatic nitrogens is 4. The van der Waals surface area contributed by atoms with Crippen LogP contribution in [0.3, 0.4) is 0 Å². The number of hydrogen-bond acceptors (Lipinski definition) is 10. The van der Waals surface area contributed by atoms with E-state index in [-0.39, 0.29) is 23.1 Å². The summed E-state index contributed by atoms with van der Waals surface area (Å²) < 4.78 is 0. The number of nitrogens with zero attached hydrogens (tertiary/aromatic N) is 4. The summed E-state index contributed by atoms with van der Waals surface area (Å²) in [5, 5.41) is 6.61. The molecule has 8 bridgehead atoms. The fourth-order valence-electron chi connectivity index (χ4n) is 4.69. The summed E-state index contributed by atoms with van der Waals surface area (Å²) in [6, 6.07) is 13.6.